The first-order valence-corrected chi connectivity index (χ1v) is 9.49. The molecule has 0 fully saturated rings. The van der Waals surface area contributed by atoms with Gasteiger partial charge in [-0.3, -0.25) is 10.0 Å². The third-order valence-electron chi connectivity index (χ3n) is 3.16. The summed E-state index contributed by atoms with van der Waals surface area (Å²) in [5.74, 6) is -0.515. The van der Waals surface area contributed by atoms with Gasteiger partial charge in [-0.2, -0.15) is 12.6 Å². The molecule has 0 bridgehead atoms. The first-order chi connectivity index (χ1) is 11.1. The molecule has 1 aromatic heterocycles. The van der Waals surface area contributed by atoms with Crippen molar-refractivity contribution in [1.82, 2.24) is 9.79 Å². The summed E-state index contributed by atoms with van der Waals surface area (Å²) in [5, 5.41) is 10.2. The Hall–Kier alpha value is -1.03. The minimum Gasteiger partial charge on any atom is -0.592 e. The lowest BCUT2D eigenvalue weighted by atomic mass is 10.1. The Morgan fingerprint density at radius 3 is 2.70 bits per heavy atom. The van der Waals surface area contributed by atoms with E-state index in [0.717, 1.165) is 5.56 Å². The quantitative estimate of drug-likeness (QED) is 0.219. The fraction of sp³-hybridized carbons (Fsp3) is 0.267. The number of hydrogen-bond acceptors (Lipinski definition) is 6. The maximum absolute atomic E-state index is 12.7. The summed E-state index contributed by atoms with van der Waals surface area (Å²) in [4.78, 5) is 11.3. The average molecular weight is 371 g/mol. The lowest BCUT2D eigenvalue weighted by molar-refractivity contribution is -0.129. The van der Waals surface area contributed by atoms with Gasteiger partial charge in [-0.1, -0.05) is 41.7 Å². The van der Waals surface area contributed by atoms with Crippen LogP contribution in [-0.4, -0.2) is 31.9 Å². The van der Waals surface area contributed by atoms with Crippen LogP contribution in [-0.2, 0) is 22.6 Å². The number of nitrogens with one attached hydrogen (secondary N) is 1. The van der Waals surface area contributed by atoms with E-state index in [9.17, 15) is 9.35 Å². The van der Waals surface area contributed by atoms with Crippen LogP contribution in [0.3, 0.4) is 0 Å². The molecule has 2 rings (SSSR count). The molecule has 124 valence electrons. The SMILES string of the molecule is O=C(CCN(C(S)Cc1ccccc1)[S+]([O-])c1cccs1)NO. The van der Waals surface area contributed by atoms with Crippen molar-refractivity contribution in [1.29, 1.82) is 0 Å². The zero-order valence-electron chi connectivity index (χ0n) is 12.3. The van der Waals surface area contributed by atoms with E-state index >= 15 is 0 Å². The van der Waals surface area contributed by atoms with Crippen molar-refractivity contribution in [3.63, 3.8) is 0 Å². The molecule has 2 unspecified atom stereocenters. The van der Waals surface area contributed by atoms with Crippen LogP contribution < -0.4 is 5.48 Å². The lowest BCUT2D eigenvalue weighted by Crippen LogP contribution is -2.40. The molecule has 0 aliphatic carbocycles. The second-order valence-electron chi connectivity index (χ2n) is 4.78. The van der Waals surface area contributed by atoms with Crippen LogP contribution in [0.2, 0.25) is 0 Å². The number of benzene rings is 1. The summed E-state index contributed by atoms with van der Waals surface area (Å²) in [5.41, 5.74) is 2.67. The number of hydrogen-bond donors (Lipinski definition) is 3. The molecular weight excluding hydrogens is 352 g/mol. The lowest BCUT2D eigenvalue weighted by Gasteiger charge is -2.27. The summed E-state index contributed by atoms with van der Waals surface area (Å²) >= 11 is 4.58. The predicted octanol–water partition coefficient (Wildman–Crippen LogP) is 2.47. The van der Waals surface area contributed by atoms with E-state index in [2.05, 4.69) is 12.6 Å². The van der Waals surface area contributed by atoms with Crippen molar-refractivity contribution < 1.29 is 14.6 Å². The van der Waals surface area contributed by atoms with Gasteiger partial charge in [-0.15, -0.1) is 4.31 Å². The molecule has 0 saturated carbocycles. The standard InChI is InChI=1S/C15H18N2O3S3/c18-13(16-19)8-9-17(23(20)15-7-4-10-22-15)14(21)11-12-5-2-1-3-6-12/h1-7,10,14,19,21H,8-9,11H2,(H,16,18). The van der Waals surface area contributed by atoms with E-state index in [1.807, 2.05) is 41.8 Å². The topological polar surface area (TPSA) is 75.6 Å². The van der Waals surface area contributed by atoms with Crippen molar-refractivity contribution in [2.75, 3.05) is 6.54 Å². The number of rotatable bonds is 8. The molecule has 0 spiro atoms. The molecule has 1 amide bonds. The Bertz CT molecular complexity index is 595. The van der Waals surface area contributed by atoms with Gasteiger partial charge in [-0.25, -0.2) is 5.48 Å². The third-order valence-corrected chi connectivity index (χ3v) is 6.50. The van der Waals surface area contributed by atoms with Gasteiger partial charge < -0.3 is 4.55 Å². The van der Waals surface area contributed by atoms with Gasteiger partial charge in [0, 0.05) is 18.9 Å². The molecule has 0 saturated heterocycles. The average Bonchev–Trinajstić information content (AvgIpc) is 3.10. The minimum atomic E-state index is -1.40. The number of thiol groups is 1. The molecule has 8 heteroatoms. The Kier molecular flexibility index (Phi) is 7.41. The van der Waals surface area contributed by atoms with Gasteiger partial charge in [0.2, 0.25) is 10.1 Å². The van der Waals surface area contributed by atoms with Gasteiger partial charge in [0.1, 0.15) is 5.37 Å². The molecule has 1 aromatic carbocycles. The maximum Gasteiger partial charge on any atom is 0.244 e. The molecule has 1 heterocycles. The molecule has 5 nitrogen and oxygen atoms in total. The monoisotopic (exact) mass is 370 g/mol. The number of amides is 1. The van der Waals surface area contributed by atoms with Crippen molar-refractivity contribution in [2.45, 2.75) is 22.4 Å². The Labute approximate surface area is 148 Å². The molecule has 0 radical (unpaired) electrons. The summed E-state index contributed by atoms with van der Waals surface area (Å²) in [7, 11) is 0. The van der Waals surface area contributed by atoms with Gasteiger partial charge >= 0.3 is 0 Å². The molecule has 2 N–H and O–H groups in total. The van der Waals surface area contributed by atoms with Crippen molar-refractivity contribution in [3.8, 4) is 0 Å². The van der Waals surface area contributed by atoms with E-state index in [-0.39, 0.29) is 18.3 Å². The second kappa shape index (κ2) is 9.31. The summed E-state index contributed by atoms with van der Waals surface area (Å²) in [6.45, 7) is 0.234. The highest BCUT2D eigenvalue weighted by atomic mass is 32.2. The highest BCUT2D eigenvalue weighted by Crippen LogP contribution is 2.25. The first-order valence-electron chi connectivity index (χ1n) is 6.98. The third kappa shape index (κ3) is 5.52. The molecule has 2 aromatic rings. The first kappa shape index (κ1) is 18.3. The summed E-state index contributed by atoms with van der Waals surface area (Å²) in [6, 6.07) is 13.4. The fourth-order valence-electron chi connectivity index (χ4n) is 2.02. The predicted molar refractivity (Wildman–Crippen MR) is 94.9 cm³/mol. The van der Waals surface area contributed by atoms with E-state index in [4.69, 9.17) is 5.21 Å². The van der Waals surface area contributed by atoms with Crippen LogP contribution >= 0.6 is 24.0 Å². The van der Waals surface area contributed by atoms with Gasteiger partial charge in [-0.05, 0) is 17.0 Å². The van der Waals surface area contributed by atoms with Crippen LogP contribution in [0.15, 0.2) is 52.1 Å². The van der Waals surface area contributed by atoms with Gasteiger partial charge in [0.15, 0.2) is 0 Å². The number of thiophene rings is 1. The molecule has 0 aliphatic heterocycles. The number of carbonyl (C=O) groups excluding carboxylic acids is 1. The van der Waals surface area contributed by atoms with Gasteiger partial charge in [0.25, 0.3) is 0 Å². The van der Waals surface area contributed by atoms with Crippen molar-refractivity contribution in [2.24, 2.45) is 0 Å². The number of nitrogens with zero attached hydrogens (tertiary/aromatic N) is 1. The normalized spacial score (nSPS) is 13.7. The van der Waals surface area contributed by atoms with E-state index in [1.165, 1.54) is 11.3 Å². The van der Waals surface area contributed by atoms with Crippen molar-refractivity contribution in [3.05, 3.63) is 53.4 Å². The van der Waals surface area contributed by atoms with Crippen LogP contribution in [0.25, 0.3) is 0 Å². The van der Waals surface area contributed by atoms with Crippen LogP contribution in [0.4, 0.5) is 0 Å². The Morgan fingerprint density at radius 1 is 1.35 bits per heavy atom. The molecule has 0 aliphatic rings. The largest absolute Gasteiger partial charge is 0.592 e. The fourth-order valence-corrected chi connectivity index (χ4v) is 4.81. The molecular formula is C15H18N2O3S3. The minimum absolute atomic E-state index is 0.0411. The number of carbonyl (C=O) groups is 1. The maximum atomic E-state index is 12.7. The summed E-state index contributed by atoms with van der Waals surface area (Å²) in [6.07, 6.45) is 0.640. The molecule has 23 heavy (non-hydrogen) atoms. The Balaban J connectivity index is 2.09. The van der Waals surface area contributed by atoms with Crippen molar-refractivity contribution >= 4 is 41.2 Å². The van der Waals surface area contributed by atoms with Crippen LogP contribution in [0, 0.1) is 0 Å². The van der Waals surface area contributed by atoms with Gasteiger partial charge in [0.05, 0.1) is 17.9 Å². The summed E-state index contributed by atoms with van der Waals surface area (Å²) < 4.78 is 15.1. The van der Waals surface area contributed by atoms with E-state index < -0.39 is 17.3 Å². The van der Waals surface area contributed by atoms with Crippen LogP contribution in [0.5, 0.6) is 0 Å². The second-order valence-corrected chi connectivity index (χ2v) is 7.99. The Morgan fingerprint density at radius 2 is 2.09 bits per heavy atom. The highest BCUT2D eigenvalue weighted by Gasteiger charge is 2.30. The molecule has 2 atom stereocenters. The van der Waals surface area contributed by atoms with E-state index in [1.54, 1.807) is 15.9 Å². The van der Waals surface area contributed by atoms with Crippen LogP contribution in [0.1, 0.15) is 12.0 Å². The smallest absolute Gasteiger partial charge is 0.244 e. The zero-order valence-corrected chi connectivity index (χ0v) is 14.8. The number of hydroxylamine groups is 1. The van der Waals surface area contributed by atoms with E-state index in [0.29, 0.717) is 10.6 Å². The zero-order chi connectivity index (χ0) is 16.7. The highest BCUT2D eigenvalue weighted by molar-refractivity contribution is 7.92.